The molecular weight excluding hydrogens is 691 g/mol. The summed E-state index contributed by atoms with van der Waals surface area (Å²) >= 11 is 0. The van der Waals surface area contributed by atoms with E-state index in [4.69, 9.17) is 4.42 Å². The summed E-state index contributed by atoms with van der Waals surface area (Å²) in [5.41, 5.74) is 16.0. The summed E-state index contributed by atoms with van der Waals surface area (Å²) in [4.78, 5) is 2.37. The van der Waals surface area contributed by atoms with Gasteiger partial charge in [-0.05, 0) is 105 Å². The Labute approximate surface area is 333 Å². The topological polar surface area (TPSA) is 16.4 Å². The Hall–Kier alpha value is -7.42. The van der Waals surface area contributed by atoms with Crippen LogP contribution in [0.5, 0.6) is 0 Å². The van der Waals surface area contributed by atoms with Crippen LogP contribution in [0.3, 0.4) is 0 Å². The molecule has 1 heterocycles. The predicted molar refractivity (Wildman–Crippen MR) is 240 cm³/mol. The summed E-state index contributed by atoms with van der Waals surface area (Å²) in [6.45, 7) is 2.14. The fourth-order valence-electron chi connectivity index (χ4n) is 8.09. The average Bonchev–Trinajstić information content (AvgIpc) is 3.63. The van der Waals surface area contributed by atoms with Crippen LogP contribution in [-0.4, -0.2) is 0 Å². The van der Waals surface area contributed by atoms with Crippen LogP contribution in [0.4, 0.5) is 17.1 Å². The number of aryl methyl sites for hydroxylation is 1. The molecule has 0 amide bonds. The molecular formula is C55H39NO. The lowest BCUT2D eigenvalue weighted by molar-refractivity contribution is 0.629. The van der Waals surface area contributed by atoms with Gasteiger partial charge in [-0.25, -0.2) is 0 Å². The summed E-state index contributed by atoms with van der Waals surface area (Å²) < 4.78 is 6.29. The molecule has 0 N–H and O–H groups in total. The maximum absolute atomic E-state index is 6.29. The van der Waals surface area contributed by atoms with E-state index >= 15 is 0 Å². The minimum atomic E-state index is 0.921. The van der Waals surface area contributed by atoms with Gasteiger partial charge in [-0.15, -0.1) is 0 Å². The molecule has 2 heteroatoms. The van der Waals surface area contributed by atoms with Crippen molar-refractivity contribution in [2.75, 3.05) is 4.90 Å². The lowest BCUT2D eigenvalue weighted by atomic mass is 9.97. The van der Waals surface area contributed by atoms with Crippen molar-refractivity contribution in [2.45, 2.75) is 6.92 Å². The van der Waals surface area contributed by atoms with Crippen LogP contribution < -0.4 is 4.90 Å². The first kappa shape index (κ1) is 34.1. The van der Waals surface area contributed by atoms with Gasteiger partial charge in [-0.3, -0.25) is 0 Å². The van der Waals surface area contributed by atoms with Gasteiger partial charge in [0.15, 0.2) is 0 Å². The number of anilines is 3. The van der Waals surface area contributed by atoms with Gasteiger partial charge in [-0.2, -0.15) is 0 Å². The molecule has 1 aromatic heterocycles. The molecule has 0 fully saturated rings. The fraction of sp³-hybridized carbons (Fsp3) is 0.0182. The zero-order chi connectivity index (χ0) is 38.1. The minimum Gasteiger partial charge on any atom is -0.456 e. The van der Waals surface area contributed by atoms with Crippen molar-refractivity contribution >= 4 is 38.8 Å². The third kappa shape index (κ3) is 6.58. The second kappa shape index (κ2) is 14.7. The lowest BCUT2D eigenvalue weighted by Gasteiger charge is -2.27. The van der Waals surface area contributed by atoms with Crippen molar-refractivity contribution in [3.05, 3.63) is 224 Å². The van der Waals surface area contributed by atoms with Crippen LogP contribution in [-0.2, 0) is 0 Å². The molecule has 10 rings (SSSR count). The number of rotatable bonds is 8. The lowest BCUT2D eigenvalue weighted by Crippen LogP contribution is -2.10. The quantitative estimate of drug-likeness (QED) is 0.155. The Morgan fingerprint density at radius 1 is 0.333 bits per heavy atom. The normalized spacial score (nSPS) is 11.2. The monoisotopic (exact) mass is 729 g/mol. The highest BCUT2D eigenvalue weighted by Crippen LogP contribution is 2.41. The molecule has 0 spiro atoms. The standard InChI is InChI=1S/C55H39NO/c1-38-51-20-7-8-23-54(51)57-55(38)48-19-10-18-47(37-48)42-26-24-40(25-27-42)41-28-32-49(33-29-41)56(53-22-11-15-44-14-5-6-21-52(44)53)50-34-30-43(31-35-50)46-17-9-16-45(36-46)39-12-3-2-4-13-39/h2-37H,1H3. The zero-order valence-electron chi connectivity index (χ0n) is 31.6. The number of hydrogen-bond donors (Lipinski definition) is 0. The Morgan fingerprint density at radius 3 is 1.37 bits per heavy atom. The van der Waals surface area contributed by atoms with Gasteiger partial charge < -0.3 is 9.32 Å². The molecule has 270 valence electrons. The van der Waals surface area contributed by atoms with E-state index in [1.807, 2.05) is 12.1 Å². The summed E-state index contributed by atoms with van der Waals surface area (Å²) in [6.07, 6.45) is 0. The van der Waals surface area contributed by atoms with Crippen molar-refractivity contribution in [3.63, 3.8) is 0 Å². The zero-order valence-corrected chi connectivity index (χ0v) is 31.6. The molecule has 57 heavy (non-hydrogen) atoms. The van der Waals surface area contributed by atoms with E-state index < -0.39 is 0 Å². The number of benzene rings is 9. The van der Waals surface area contributed by atoms with E-state index in [1.165, 1.54) is 55.3 Å². The van der Waals surface area contributed by atoms with Crippen molar-refractivity contribution in [3.8, 4) is 55.8 Å². The third-order valence-corrected chi connectivity index (χ3v) is 11.1. The first-order valence-electron chi connectivity index (χ1n) is 19.5. The molecule has 0 aliphatic rings. The number of hydrogen-bond acceptors (Lipinski definition) is 2. The first-order valence-corrected chi connectivity index (χ1v) is 19.5. The van der Waals surface area contributed by atoms with Crippen LogP contribution in [0.15, 0.2) is 223 Å². The minimum absolute atomic E-state index is 0.921. The van der Waals surface area contributed by atoms with E-state index in [0.717, 1.165) is 44.9 Å². The van der Waals surface area contributed by atoms with Crippen LogP contribution in [0.2, 0.25) is 0 Å². The third-order valence-electron chi connectivity index (χ3n) is 11.1. The molecule has 0 saturated carbocycles. The highest BCUT2D eigenvalue weighted by molar-refractivity contribution is 5.99. The van der Waals surface area contributed by atoms with Crippen LogP contribution >= 0.6 is 0 Å². The fourth-order valence-corrected chi connectivity index (χ4v) is 8.09. The second-order valence-electron chi connectivity index (χ2n) is 14.6. The Balaban J connectivity index is 0.956. The molecule has 0 aliphatic carbocycles. The summed E-state index contributed by atoms with van der Waals surface area (Å²) in [5.74, 6) is 0.928. The number of nitrogens with zero attached hydrogens (tertiary/aromatic N) is 1. The second-order valence-corrected chi connectivity index (χ2v) is 14.6. The van der Waals surface area contributed by atoms with E-state index in [0.29, 0.717) is 0 Å². The summed E-state index contributed by atoms with van der Waals surface area (Å²) in [7, 11) is 0. The maximum Gasteiger partial charge on any atom is 0.138 e. The van der Waals surface area contributed by atoms with Crippen molar-refractivity contribution < 1.29 is 4.42 Å². The molecule has 0 bridgehead atoms. The van der Waals surface area contributed by atoms with E-state index in [-0.39, 0.29) is 0 Å². The average molecular weight is 730 g/mol. The molecule has 0 aliphatic heterocycles. The van der Waals surface area contributed by atoms with Gasteiger partial charge >= 0.3 is 0 Å². The summed E-state index contributed by atoms with van der Waals surface area (Å²) in [5, 5.41) is 3.58. The maximum atomic E-state index is 6.29. The van der Waals surface area contributed by atoms with Crippen molar-refractivity contribution in [1.82, 2.24) is 0 Å². The molecule has 2 nitrogen and oxygen atoms in total. The number of furan rings is 1. The molecule has 0 unspecified atom stereocenters. The van der Waals surface area contributed by atoms with Crippen LogP contribution in [0, 0.1) is 6.92 Å². The largest absolute Gasteiger partial charge is 0.456 e. The Bertz CT molecular complexity index is 2990. The molecule has 10 aromatic rings. The van der Waals surface area contributed by atoms with Crippen LogP contribution in [0.25, 0.3) is 77.6 Å². The van der Waals surface area contributed by atoms with Gasteiger partial charge in [0.05, 0.1) is 5.69 Å². The van der Waals surface area contributed by atoms with Gasteiger partial charge in [0, 0.05) is 33.3 Å². The van der Waals surface area contributed by atoms with E-state index in [1.54, 1.807) is 0 Å². The van der Waals surface area contributed by atoms with E-state index in [9.17, 15) is 0 Å². The van der Waals surface area contributed by atoms with Crippen molar-refractivity contribution in [2.24, 2.45) is 0 Å². The predicted octanol–water partition coefficient (Wildman–Crippen LogP) is 15.7. The van der Waals surface area contributed by atoms with E-state index in [2.05, 4.69) is 218 Å². The SMILES string of the molecule is Cc1c(-c2cccc(-c3ccc(-c4ccc(N(c5ccc(-c6cccc(-c7ccccc7)c6)cc5)c5cccc6ccccc56)cc4)cc3)c2)oc2ccccc12. The van der Waals surface area contributed by atoms with Gasteiger partial charge in [-0.1, -0.05) is 170 Å². The number of fused-ring (bicyclic) bond motifs is 2. The Kier molecular flexibility index (Phi) is 8.78. The van der Waals surface area contributed by atoms with Crippen molar-refractivity contribution in [1.29, 1.82) is 0 Å². The molecule has 9 aromatic carbocycles. The highest BCUT2D eigenvalue weighted by Gasteiger charge is 2.17. The first-order chi connectivity index (χ1) is 28.2. The van der Waals surface area contributed by atoms with Gasteiger partial charge in [0.1, 0.15) is 11.3 Å². The molecule has 0 atom stereocenters. The highest BCUT2D eigenvalue weighted by atomic mass is 16.3. The van der Waals surface area contributed by atoms with Crippen LogP contribution in [0.1, 0.15) is 5.56 Å². The Morgan fingerprint density at radius 2 is 0.754 bits per heavy atom. The van der Waals surface area contributed by atoms with Gasteiger partial charge in [0.25, 0.3) is 0 Å². The number of para-hydroxylation sites is 1. The molecule has 0 saturated heterocycles. The molecule has 0 radical (unpaired) electrons. The summed E-state index contributed by atoms with van der Waals surface area (Å²) in [6, 6.07) is 78.2. The smallest absolute Gasteiger partial charge is 0.138 e. The van der Waals surface area contributed by atoms with Gasteiger partial charge in [0.2, 0.25) is 0 Å².